The van der Waals surface area contributed by atoms with Crippen LogP contribution >= 0.6 is 0 Å². The molecular formula is C8H16O4. The second-order valence-corrected chi connectivity index (χ2v) is 3.26. The Morgan fingerprint density at radius 1 is 1.33 bits per heavy atom. The first-order chi connectivity index (χ1) is 5.57. The van der Waals surface area contributed by atoms with E-state index in [2.05, 4.69) is 0 Å². The Morgan fingerprint density at radius 3 is 2.25 bits per heavy atom. The van der Waals surface area contributed by atoms with Gasteiger partial charge in [-0.05, 0) is 13.3 Å². The second-order valence-electron chi connectivity index (χ2n) is 3.26. The highest BCUT2D eigenvalue weighted by Crippen LogP contribution is 2.24. The summed E-state index contributed by atoms with van der Waals surface area (Å²) in [5.74, 6) is 0. The van der Waals surface area contributed by atoms with Crippen molar-refractivity contribution in [2.75, 3.05) is 0 Å². The molecule has 72 valence electrons. The van der Waals surface area contributed by atoms with Gasteiger partial charge in [0.25, 0.3) is 0 Å². The SMILES string of the molecule is CC[C@@H](O)[C@H]1O[C@@H](C)[C@H](O)[C@@H]1O. The molecule has 3 N–H and O–H groups in total. The van der Waals surface area contributed by atoms with E-state index in [4.69, 9.17) is 4.74 Å². The summed E-state index contributed by atoms with van der Waals surface area (Å²) in [5.41, 5.74) is 0. The van der Waals surface area contributed by atoms with Gasteiger partial charge in [-0.15, -0.1) is 0 Å². The Morgan fingerprint density at radius 2 is 1.92 bits per heavy atom. The van der Waals surface area contributed by atoms with Crippen LogP contribution < -0.4 is 0 Å². The molecule has 0 aromatic rings. The van der Waals surface area contributed by atoms with Crippen molar-refractivity contribution in [2.45, 2.75) is 50.8 Å². The summed E-state index contributed by atoms with van der Waals surface area (Å²) >= 11 is 0. The molecule has 0 unspecified atom stereocenters. The summed E-state index contributed by atoms with van der Waals surface area (Å²) in [7, 11) is 0. The number of ether oxygens (including phenoxy) is 1. The fourth-order valence-electron chi connectivity index (χ4n) is 1.43. The summed E-state index contributed by atoms with van der Waals surface area (Å²) in [5, 5.41) is 28.1. The van der Waals surface area contributed by atoms with Crippen LogP contribution in [0, 0.1) is 0 Å². The number of rotatable bonds is 2. The average Bonchev–Trinajstić information content (AvgIpc) is 2.32. The first kappa shape index (κ1) is 9.92. The van der Waals surface area contributed by atoms with E-state index in [1.165, 1.54) is 0 Å². The third kappa shape index (κ3) is 1.61. The molecule has 1 aliphatic rings. The fraction of sp³-hybridized carbons (Fsp3) is 1.00. The zero-order valence-electron chi connectivity index (χ0n) is 7.34. The van der Waals surface area contributed by atoms with E-state index < -0.39 is 30.5 Å². The van der Waals surface area contributed by atoms with E-state index in [1.807, 2.05) is 0 Å². The van der Waals surface area contributed by atoms with Crippen molar-refractivity contribution in [3.05, 3.63) is 0 Å². The molecule has 0 radical (unpaired) electrons. The molecule has 1 heterocycles. The standard InChI is InChI=1S/C8H16O4/c1-3-5(9)8-7(11)6(10)4(2)12-8/h4-11H,3H2,1-2H3/t4-,5+,6-,7-,8+/m0/s1. The van der Waals surface area contributed by atoms with Gasteiger partial charge in [-0.25, -0.2) is 0 Å². The lowest BCUT2D eigenvalue weighted by Crippen LogP contribution is -2.38. The minimum atomic E-state index is -0.963. The van der Waals surface area contributed by atoms with Crippen LogP contribution in [0.4, 0.5) is 0 Å². The number of aliphatic hydroxyl groups excluding tert-OH is 3. The molecule has 5 atom stereocenters. The zero-order chi connectivity index (χ0) is 9.30. The van der Waals surface area contributed by atoms with Crippen LogP contribution in [0.5, 0.6) is 0 Å². The Hall–Kier alpha value is -0.160. The van der Waals surface area contributed by atoms with Crippen LogP contribution in [0.25, 0.3) is 0 Å². The molecule has 0 spiro atoms. The van der Waals surface area contributed by atoms with Gasteiger partial charge in [0.1, 0.15) is 18.3 Å². The highest BCUT2D eigenvalue weighted by molar-refractivity contribution is 4.91. The molecule has 0 aliphatic carbocycles. The molecule has 0 aromatic carbocycles. The summed E-state index contributed by atoms with van der Waals surface area (Å²) in [6, 6.07) is 0. The molecule has 0 aromatic heterocycles. The van der Waals surface area contributed by atoms with E-state index >= 15 is 0 Å². The average molecular weight is 176 g/mol. The summed E-state index contributed by atoms with van der Waals surface area (Å²) in [6.07, 6.45) is -3.06. The van der Waals surface area contributed by atoms with Gasteiger partial charge in [-0.3, -0.25) is 0 Å². The lowest BCUT2D eigenvalue weighted by Gasteiger charge is -2.19. The zero-order valence-corrected chi connectivity index (χ0v) is 7.34. The molecule has 0 saturated carbocycles. The second kappa shape index (κ2) is 3.70. The Labute approximate surface area is 71.8 Å². The van der Waals surface area contributed by atoms with E-state index in [9.17, 15) is 15.3 Å². The molecule has 1 rings (SSSR count). The van der Waals surface area contributed by atoms with Crippen molar-refractivity contribution in [3.63, 3.8) is 0 Å². The Kier molecular flexibility index (Phi) is 3.06. The van der Waals surface area contributed by atoms with Gasteiger partial charge in [-0.2, -0.15) is 0 Å². The molecule has 12 heavy (non-hydrogen) atoms. The van der Waals surface area contributed by atoms with E-state index in [0.29, 0.717) is 6.42 Å². The van der Waals surface area contributed by atoms with Crippen LogP contribution in [-0.2, 0) is 4.74 Å². The van der Waals surface area contributed by atoms with E-state index in [1.54, 1.807) is 13.8 Å². The minimum Gasteiger partial charge on any atom is -0.390 e. The predicted octanol–water partition coefficient (Wildman–Crippen LogP) is -0.734. The van der Waals surface area contributed by atoms with Gasteiger partial charge in [0.2, 0.25) is 0 Å². The van der Waals surface area contributed by atoms with Crippen LogP contribution in [0.1, 0.15) is 20.3 Å². The van der Waals surface area contributed by atoms with Gasteiger partial charge in [0, 0.05) is 0 Å². The summed E-state index contributed by atoms with van der Waals surface area (Å²) in [4.78, 5) is 0. The molecule has 4 nitrogen and oxygen atoms in total. The molecule has 0 bridgehead atoms. The van der Waals surface area contributed by atoms with Crippen LogP contribution in [0.3, 0.4) is 0 Å². The molecule has 0 amide bonds. The fourth-order valence-corrected chi connectivity index (χ4v) is 1.43. The van der Waals surface area contributed by atoms with Crippen LogP contribution in [0.15, 0.2) is 0 Å². The van der Waals surface area contributed by atoms with Gasteiger partial charge in [0.05, 0.1) is 12.2 Å². The lowest BCUT2D eigenvalue weighted by atomic mass is 10.0. The highest BCUT2D eigenvalue weighted by Gasteiger charge is 2.43. The number of hydrogen-bond donors (Lipinski definition) is 3. The molecule has 4 heteroatoms. The van der Waals surface area contributed by atoms with Crippen molar-refractivity contribution in [3.8, 4) is 0 Å². The quantitative estimate of drug-likeness (QED) is 0.518. The van der Waals surface area contributed by atoms with Gasteiger partial charge in [0.15, 0.2) is 0 Å². The van der Waals surface area contributed by atoms with Gasteiger partial charge < -0.3 is 20.1 Å². The minimum absolute atomic E-state index is 0.397. The Bertz CT molecular complexity index is 150. The van der Waals surface area contributed by atoms with Crippen molar-refractivity contribution in [2.24, 2.45) is 0 Å². The molecular weight excluding hydrogens is 160 g/mol. The predicted molar refractivity (Wildman–Crippen MR) is 42.6 cm³/mol. The first-order valence-electron chi connectivity index (χ1n) is 4.27. The van der Waals surface area contributed by atoms with E-state index in [0.717, 1.165) is 0 Å². The van der Waals surface area contributed by atoms with Gasteiger partial charge in [-0.1, -0.05) is 6.92 Å². The number of hydrogen-bond acceptors (Lipinski definition) is 4. The van der Waals surface area contributed by atoms with Crippen LogP contribution in [0.2, 0.25) is 0 Å². The third-order valence-electron chi connectivity index (χ3n) is 2.34. The molecule has 1 aliphatic heterocycles. The Balaban J connectivity index is 2.58. The third-order valence-corrected chi connectivity index (χ3v) is 2.34. The number of aliphatic hydroxyl groups is 3. The lowest BCUT2D eigenvalue weighted by molar-refractivity contribution is -0.0627. The maximum Gasteiger partial charge on any atom is 0.112 e. The first-order valence-corrected chi connectivity index (χ1v) is 4.27. The summed E-state index contributed by atoms with van der Waals surface area (Å²) < 4.78 is 5.19. The maximum absolute atomic E-state index is 9.39. The van der Waals surface area contributed by atoms with Crippen molar-refractivity contribution >= 4 is 0 Å². The van der Waals surface area contributed by atoms with Crippen molar-refractivity contribution in [1.82, 2.24) is 0 Å². The largest absolute Gasteiger partial charge is 0.390 e. The smallest absolute Gasteiger partial charge is 0.112 e. The summed E-state index contributed by atoms with van der Waals surface area (Å²) in [6.45, 7) is 3.48. The maximum atomic E-state index is 9.39. The van der Waals surface area contributed by atoms with E-state index in [-0.39, 0.29) is 0 Å². The topological polar surface area (TPSA) is 69.9 Å². The monoisotopic (exact) mass is 176 g/mol. The van der Waals surface area contributed by atoms with Crippen molar-refractivity contribution < 1.29 is 20.1 Å². The van der Waals surface area contributed by atoms with Gasteiger partial charge >= 0.3 is 0 Å². The highest BCUT2D eigenvalue weighted by atomic mass is 16.6. The van der Waals surface area contributed by atoms with Crippen molar-refractivity contribution in [1.29, 1.82) is 0 Å². The van der Waals surface area contributed by atoms with Crippen LogP contribution in [-0.4, -0.2) is 45.8 Å². The normalized spacial score (nSPS) is 44.8. The molecule has 1 saturated heterocycles. The molecule has 1 fully saturated rings.